The van der Waals surface area contributed by atoms with Crippen LogP contribution >= 0.6 is 22.9 Å². The van der Waals surface area contributed by atoms with Gasteiger partial charge in [0.2, 0.25) is 5.91 Å². The molecule has 0 saturated heterocycles. The normalized spacial score (nSPS) is 11.0. The van der Waals surface area contributed by atoms with Crippen molar-refractivity contribution in [3.63, 3.8) is 0 Å². The highest BCUT2D eigenvalue weighted by Crippen LogP contribution is 2.33. The predicted molar refractivity (Wildman–Crippen MR) is 118 cm³/mol. The zero-order valence-corrected chi connectivity index (χ0v) is 17.9. The van der Waals surface area contributed by atoms with E-state index in [-0.39, 0.29) is 24.6 Å². The largest absolute Gasteiger partial charge is 0.289 e. The second kappa shape index (κ2) is 8.33. The van der Waals surface area contributed by atoms with Crippen LogP contribution in [0, 0.1) is 13.8 Å². The number of hydrogen-bond donors (Lipinski definition) is 0. The second-order valence-corrected chi connectivity index (χ2v) is 8.19. The van der Waals surface area contributed by atoms with E-state index in [0.717, 1.165) is 4.70 Å². The minimum Gasteiger partial charge on any atom is -0.289 e. The van der Waals surface area contributed by atoms with Crippen molar-refractivity contribution in [2.75, 3.05) is 4.90 Å². The lowest BCUT2D eigenvalue weighted by molar-refractivity contribution is -0.119. The molecule has 0 saturated carbocycles. The van der Waals surface area contributed by atoms with Gasteiger partial charge in [-0.15, -0.1) is 0 Å². The van der Waals surface area contributed by atoms with E-state index in [1.54, 1.807) is 26.1 Å². The Morgan fingerprint density at radius 2 is 2.00 bits per heavy atom. The first-order valence-corrected chi connectivity index (χ1v) is 10.4. The molecule has 9 heteroatoms. The highest BCUT2D eigenvalue weighted by Gasteiger charge is 2.22. The van der Waals surface area contributed by atoms with Crippen molar-refractivity contribution in [1.29, 1.82) is 0 Å². The summed E-state index contributed by atoms with van der Waals surface area (Å²) in [5, 5.41) is 1.02. The molecule has 0 aliphatic heterocycles. The van der Waals surface area contributed by atoms with E-state index in [4.69, 9.17) is 11.6 Å². The Bertz CT molecular complexity index is 1290. The summed E-state index contributed by atoms with van der Waals surface area (Å²) < 4.78 is 2.19. The number of hydrogen-bond acceptors (Lipinski definition) is 6. The third-order valence-corrected chi connectivity index (χ3v) is 6.11. The average molecular weight is 440 g/mol. The summed E-state index contributed by atoms with van der Waals surface area (Å²) >= 11 is 7.64. The van der Waals surface area contributed by atoms with E-state index < -0.39 is 0 Å². The molecule has 3 aromatic heterocycles. The lowest BCUT2D eigenvalue weighted by Crippen LogP contribution is -2.37. The van der Waals surface area contributed by atoms with Gasteiger partial charge < -0.3 is 0 Å². The molecule has 0 bridgehead atoms. The van der Waals surface area contributed by atoms with Gasteiger partial charge in [0.25, 0.3) is 5.56 Å². The molecular weight excluding hydrogens is 422 g/mol. The lowest BCUT2D eigenvalue weighted by atomic mass is 10.3. The van der Waals surface area contributed by atoms with Crippen LogP contribution in [-0.2, 0) is 17.9 Å². The van der Waals surface area contributed by atoms with Gasteiger partial charge in [-0.05, 0) is 38.1 Å². The zero-order chi connectivity index (χ0) is 21.3. The molecule has 0 N–H and O–H groups in total. The van der Waals surface area contributed by atoms with Crippen molar-refractivity contribution in [3.8, 4) is 0 Å². The number of rotatable bonds is 5. The van der Waals surface area contributed by atoms with Crippen molar-refractivity contribution >= 4 is 44.2 Å². The number of halogens is 1. The molecule has 30 heavy (non-hydrogen) atoms. The molecule has 7 nitrogen and oxygen atoms in total. The van der Waals surface area contributed by atoms with Crippen molar-refractivity contribution in [2.45, 2.75) is 26.9 Å². The van der Waals surface area contributed by atoms with E-state index >= 15 is 0 Å². The molecule has 1 amide bonds. The second-order valence-electron chi connectivity index (χ2n) is 6.77. The van der Waals surface area contributed by atoms with Crippen molar-refractivity contribution in [3.05, 3.63) is 81.3 Å². The van der Waals surface area contributed by atoms with Crippen LogP contribution in [0.2, 0.25) is 5.02 Å². The summed E-state index contributed by atoms with van der Waals surface area (Å²) in [6.45, 7) is 3.54. The Morgan fingerprint density at radius 3 is 2.73 bits per heavy atom. The number of benzene rings is 1. The van der Waals surface area contributed by atoms with Gasteiger partial charge in [0, 0.05) is 17.5 Å². The van der Waals surface area contributed by atoms with E-state index in [1.165, 1.54) is 27.1 Å². The van der Waals surface area contributed by atoms with Gasteiger partial charge in [0.05, 0.1) is 28.3 Å². The minimum absolute atomic E-state index is 0.149. The highest BCUT2D eigenvalue weighted by molar-refractivity contribution is 7.22. The number of carbonyl (C=O) groups excluding carboxylic acids is 1. The number of para-hydroxylation sites is 1. The zero-order valence-electron chi connectivity index (χ0n) is 16.4. The van der Waals surface area contributed by atoms with Gasteiger partial charge in [-0.2, -0.15) is 0 Å². The maximum atomic E-state index is 13.3. The van der Waals surface area contributed by atoms with Crippen LogP contribution in [-0.4, -0.2) is 25.4 Å². The quantitative estimate of drug-likeness (QED) is 0.473. The Kier molecular flexibility index (Phi) is 5.61. The summed E-state index contributed by atoms with van der Waals surface area (Å²) in [5.74, 6) is -0.289. The Labute approximate surface area is 181 Å². The summed E-state index contributed by atoms with van der Waals surface area (Å²) in [7, 11) is 0. The lowest BCUT2D eigenvalue weighted by Gasteiger charge is -2.20. The van der Waals surface area contributed by atoms with Crippen LogP contribution in [0.25, 0.3) is 10.2 Å². The molecule has 0 fully saturated rings. The minimum atomic E-state index is -0.289. The number of pyridine rings is 1. The van der Waals surface area contributed by atoms with Crippen LogP contribution in [0.1, 0.15) is 17.0 Å². The SMILES string of the molecule is Cc1ncn(CC(=O)N(Cc2ccccn2)c2nc3c(Cl)cccc3s2)c(=O)c1C. The van der Waals surface area contributed by atoms with Gasteiger partial charge in [-0.3, -0.25) is 24.0 Å². The maximum Gasteiger partial charge on any atom is 0.256 e. The van der Waals surface area contributed by atoms with E-state index in [0.29, 0.717) is 32.6 Å². The summed E-state index contributed by atoms with van der Waals surface area (Å²) in [6, 6.07) is 11.0. The molecule has 4 rings (SSSR count). The third-order valence-electron chi connectivity index (χ3n) is 4.76. The first-order chi connectivity index (χ1) is 14.4. The number of anilines is 1. The number of thiazole rings is 1. The molecule has 4 aromatic rings. The standard InChI is InChI=1S/C21H18ClN5O2S/c1-13-14(2)24-12-26(20(13)29)11-18(28)27(10-15-6-3-4-9-23-15)21-25-19-16(22)7-5-8-17(19)30-21/h3-9,12H,10-11H2,1-2H3. The molecule has 0 radical (unpaired) electrons. The van der Waals surface area contributed by atoms with E-state index in [1.807, 2.05) is 30.3 Å². The fourth-order valence-electron chi connectivity index (χ4n) is 2.95. The van der Waals surface area contributed by atoms with Gasteiger partial charge >= 0.3 is 0 Å². The molecule has 0 atom stereocenters. The van der Waals surface area contributed by atoms with Gasteiger partial charge in [0.1, 0.15) is 12.1 Å². The fraction of sp³-hybridized carbons (Fsp3) is 0.190. The van der Waals surface area contributed by atoms with Crippen LogP contribution in [0.15, 0.2) is 53.7 Å². The molecule has 0 aliphatic rings. The molecule has 152 valence electrons. The van der Waals surface area contributed by atoms with Crippen LogP contribution in [0.3, 0.4) is 0 Å². The van der Waals surface area contributed by atoms with E-state index in [2.05, 4.69) is 15.0 Å². The van der Waals surface area contributed by atoms with Crippen LogP contribution in [0.4, 0.5) is 5.13 Å². The Balaban J connectivity index is 1.73. The number of carbonyl (C=O) groups is 1. The molecule has 0 unspecified atom stereocenters. The molecular formula is C21H18ClN5O2S. The monoisotopic (exact) mass is 439 g/mol. The van der Waals surface area contributed by atoms with Crippen molar-refractivity contribution < 1.29 is 4.79 Å². The summed E-state index contributed by atoms with van der Waals surface area (Å²) in [5.41, 5.74) is 2.29. The third kappa shape index (κ3) is 3.96. The van der Waals surface area contributed by atoms with Crippen molar-refractivity contribution in [1.82, 2.24) is 19.5 Å². The van der Waals surface area contributed by atoms with E-state index in [9.17, 15) is 9.59 Å². The molecule has 0 aliphatic carbocycles. The average Bonchev–Trinajstić information content (AvgIpc) is 3.18. The number of aryl methyl sites for hydroxylation is 1. The first kappa shape index (κ1) is 20.2. The number of aromatic nitrogens is 4. The molecule has 0 spiro atoms. The number of nitrogens with zero attached hydrogens (tertiary/aromatic N) is 5. The topological polar surface area (TPSA) is 81.0 Å². The van der Waals surface area contributed by atoms with Crippen molar-refractivity contribution in [2.24, 2.45) is 0 Å². The fourth-order valence-corrected chi connectivity index (χ4v) is 4.24. The van der Waals surface area contributed by atoms with Gasteiger partial charge in [-0.25, -0.2) is 9.97 Å². The summed E-state index contributed by atoms with van der Waals surface area (Å²) in [4.78, 5) is 40.5. The first-order valence-electron chi connectivity index (χ1n) is 9.22. The highest BCUT2D eigenvalue weighted by atomic mass is 35.5. The Morgan fingerprint density at radius 1 is 1.17 bits per heavy atom. The van der Waals surface area contributed by atoms with Gasteiger partial charge in [0.15, 0.2) is 5.13 Å². The maximum absolute atomic E-state index is 13.3. The number of fused-ring (bicyclic) bond motifs is 1. The van der Waals surface area contributed by atoms with Crippen LogP contribution < -0.4 is 10.5 Å². The molecule has 1 aromatic carbocycles. The number of amides is 1. The molecule has 3 heterocycles. The van der Waals surface area contributed by atoms with Crippen LogP contribution in [0.5, 0.6) is 0 Å². The smallest absolute Gasteiger partial charge is 0.256 e. The Hall–Kier alpha value is -3.10. The predicted octanol–water partition coefficient (Wildman–Crippen LogP) is 3.75. The summed E-state index contributed by atoms with van der Waals surface area (Å²) in [6.07, 6.45) is 3.07. The van der Waals surface area contributed by atoms with Gasteiger partial charge in [-0.1, -0.05) is 35.1 Å².